The largest absolute Gasteiger partial charge is 0.454 e. The zero-order valence-corrected chi connectivity index (χ0v) is 30.8. The lowest BCUT2D eigenvalue weighted by atomic mass is 9.96. The Morgan fingerprint density at radius 1 is 0.439 bits per heavy atom. The quantitative estimate of drug-likeness (QED) is 0.177. The minimum absolute atomic E-state index is 0.788. The molecule has 57 heavy (non-hydrogen) atoms. The lowest BCUT2D eigenvalue weighted by Crippen LogP contribution is -2.10. The second-order valence-corrected chi connectivity index (χ2v) is 14.7. The summed E-state index contributed by atoms with van der Waals surface area (Å²) in [4.78, 5) is 6.94. The molecule has 266 valence electrons. The first-order valence-corrected chi connectivity index (χ1v) is 19.4. The van der Waals surface area contributed by atoms with Crippen LogP contribution in [-0.4, -0.2) is 9.55 Å². The second-order valence-electron chi connectivity index (χ2n) is 14.7. The van der Waals surface area contributed by atoms with Gasteiger partial charge < -0.3 is 13.9 Å². The molecule has 4 heteroatoms. The van der Waals surface area contributed by atoms with Crippen molar-refractivity contribution in [1.82, 2.24) is 9.55 Å². The van der Waals surface area contributed by atoms with E-state index in [4.69, 9.17) is 4.42 Å². The minimum atomic E-state index is 0.788. The Morgan fingerprint density at radius 2 is 1.14 bits per heavy atom. The molecule has 0 atom stereocenters. The predicted molar refractivity (Wildman–Crippen MR) is 238 cm³/mol. The van der Waals surface area contributed by atoms with Crippen LogP contribution in [0.3, 0.4) is 0 Å². The Morgan fingerprint density at radius 3 is 2.00 bits per heavy atom. The number of rotatable bonds is 5. The Balaban J connectivity index is 1.01. The first-order chi connectivity index (χ1) is 28.3. The molecular weight excluding hydrogens is 695 g/mol. The Kier molecular flexibility index (Phi) is 6.89. The van der Waals surface area contributed by atoms with Crippen molar-refractivity contribution < 1.29 is 4.42 Å². The molecule has 0 fully saturated rings. The van der Waals surface area contributed by atoms with Gasteiger partial charge in [-0.15, -0.1) is 0 Å². The lowest BCUT2D eigenvalue weighted by Gasteiger charge is -2.27. The summed E-state index contributed by atoms with van der Waals surface area (Å²) in [7, 11) is 0. The van der Waals surface area contributed by atoms with Crippen molar-refractivity contribution >= 4 is 93.3 Å². The zero-order chi connectivity index (χ0) is 37.5. The molecule has 0 unspecified atom stereocenters. The van der Waals surface area contributed by atoms with Gasteiger partial charge in [0, 0.05) is 50.6 Å². The van der Waals surface area contributed by atoms with Crippen LogP contribution in [0.2, 0.25) is 0 Å². The van der Waals surface area contributed by atoms with Crippen molar-refractivity contribution in [2.24, 2.45) is 0 Å². The average molecular weight is 728 g/mol. The summed E-state index contributed by atoms with van der Waals surface area (Å²) in [6.07, 6.45) is 1.82. The summed E-state index contributed by atoms with van der Waals surface area (Å²) in [6, 6.07) is 69.8. The molecule has 12 rings (SSSR count). The fourth-order valence-corrected chi connectivity index (χ4v) is 9.07. The van der Waals surface area contributed by atoms with Crippen LogP contribution in [0.5, 0.6) is 0 Å². The molecule has 0 radical (unpaired) electrons. The second kappa shape index (κ2) is 12.4. The molecule has 0 amide bonds. The van der Waals surface area contributed by atoms with Crippen molar-refractivity contribution in [3.63, 3.8) is 0 Å². The van der Waals surface area contributed by atoms with Crippen LogP contribution < -0.4 is 4.90 Å². The fourth-order valence-electron chi connectivity index (χ4n) is 9.07. The van der Waals surface area contributed by atoms with Crippen LogP contribution in [0.15, 0.2) is 205 Å². The highest BCUT2D eigenvalue weighted by Gasteiger charge is 2.20. The third-order valence-corrected chi connectivity index (χ3v) is 11.6. The molecule has 3 aromatic heterocycles. The number of aromatic nitrogens is 2. The summed E-state index contributed by atoms with van der Waals surface area (Å²) in [5.41, 5.74) is 11.6. The van der Waals surface area contributed by atoms with Crippen molar-refractivity contribution in [3.05, 3.63) is 200 Å². The van der Waals surface area contributed by atoms with Crippen LogP contribution in [0.25, 0.3) is 93.0 Å². The number of anilines is 3. The van der Waals surface area contributed by atoms with Gasteiger partial charge in [0.2, 0.25) is 0 Å². The number of para-hydroxylation sites is 1. The third kappa shape index (κ3) is 4.84. The summed E-state index contributed by atoms with van der Waals surface area (Å²) >= 11 is 0. The first-order valence-electron chi connectivity index (χ1n) is 19.4. The van der Waals surface area contributed by atoms with Gasteiger partial charge in [-0.25, -0.2) is 0 Å². The van der Waals surface area contributed by atoms with Gasteiger partial charge in [-0.2, -0.15) is 0 Å². The SMILES string of the molecule is c1ccc2c(N(c3ccc(-c4ccc(-n5c6ccccc6c6c7ccccc7ccc65)c5ccccc45)cc3)c3ccc4c(c3)oc3cccnc34)cccc2c1. The van der Waals surface area contributed by atoms with E-state index in [0.29, 0.717) is 0 Å². The van der Waals surface area contributed by atoms with E-state index in [2.05, 4.69) is 196 Å². The maximum atomic E-state index is 6.33. The first kappa shape index (κ1) is 31.6. The van der Waals surface area contributed by atoms with E-state index >= 15 is 0 Å². The van der Waals surface area contributed by atoms with Crippen molar-refractivity contribution in [2.45, 2.75) is 0 Å². The number of nitrogens with zero attached hydrogens (tertiary/aromatic N) is 3. The molecule has 0 bridgehead atoms. The van der Waals surface area contributed by atoms with Gasteiger partial charge in [-0.05, 0) is 93.3 Å². The van der Waals surface area contributed by atoms with E-state index in [1.165, 1.54) is 65.4 Å². The standard InChI is InChI=1S/C53H33N3O/c1-3-14-40-34(11-1)13-9-20-46(40)55(38-27-28-45-51(33-38)57-50-21-10-32-54-53(45)50)37-25-22-36(23-26-37)39-29-31-48(43-17-6-5-16-42(39)43)56-47-19-8-7-18-44(47)52-41-15-4-2-12-35(41)24-30-49(52)56/h1-33H. The van der Waals surface area contributed by atoms with E-state index < -0.39 is 0 Å². The van der Waals surface area contributed by atoms with Gasteiger partial charge in [0.1, 0.15) is 11.1 Å². The highest BCUT2D eigenvalue weighted by molar-refractivity contribution is 6.22. The number of fused-ring (bicyclic) bond motifs is 10. The summed E-state index contributed by atoms with van der Waals surface area (Å²) in [6.45, 7) is 0. The topological polar surface area (TPSA) is 34.2 Å². The Labute approximate surface area is 328 Å². The molecule has 3 heterocycles. The molecule has 0 aliphatic rings. The van der Waals surface area contributed by atoms with Gasteiger partial charge in [-0.1, -0.05) is 127 Å². The highest BCUT2D eigenvalue weighted by atomic mass is 16.3. The fraction of sp³-hybridized carbons (Fsp3) is 0. The highest BCUT2D eigenvalue weighted by Crippen LogP contribution is 2.43. The molecule has 0 saturated carbocycles. The van der Waals surface area contributed by atoms with Crippen LogP contribution >= 0.6 is 0 Å². The number of hydrogen-bond donors (Lipinski definition) is 0. The van der Waals surface area contributed by atoms with Crippen LogP contribution in [-0.2, 0) is 0 Å². The van der Waals surface area contributed by atoms with Crippen molar-refractivity contribution in [2.75, 3.05) is 4.90 Å². The van der Waals surface area contributed by atoms with Crippen LogP contribution in [0.4, 0.5) is 17.1 Å². The van der Waals surface area contributed by atoms with Crippen molar-refractivity contribution in [3.8, 4) is 16.8 Å². The summed E-state index contributed by atoms with van der Waals surface area (Å²) in [5.74, 6) is 0. The number of pyridine rings is 1. The summed E-state index contributed by atoms with van der Waals surface area (Å²) in [5, 5.41) is 10.9. The minimum Gasteiger partial charge on any atom is -0.454 e. The lowest BCUT2D eigenvalue weighted by molar-refractivity contribution is 0.668. The maximum Gasteiger partial charge on any atom is 0.153 e. The number of furan rings is 1. The van der Waals surface area contributed by atoms with E-state index in [9.17, 15) is 0 Å². The van der Waals surface area contributed by atoms with Gasteiger partial charge >= 0.3 is 0 Å². The molecule has 9 aromatic carbocycles. The molecule has 4 nitrogen and oxygen atoms in total. The number of hydrogen-bond acceptors (Lipinski definition) is 3. The van der Waals surface area contributed by atoms with Crippen LogP contribution in [0, 0.1) is 0 Å². The average Bonchev–Trinajstić information content (AvgIpc) is 3.82. The predicted octanol–water partition coefficient (Wildman–Crippen LogP) is 14.7. The molecule has 0 spiro atoms. The van der Waals surface area contributed by atoms with Gasteiger partial charge in [0.05, 0.1) is 22.4 Å². The maximum absolute atomic E-state index is 6.33. The van der Waals surface area contributed by atoms with E-state index in [-0.39, 0.29) is 0 Å². The molecule has 0 aliphatic heterocycles. The van der Waals surface area contributed by atoms with Gasteiger partial charge in [-0.3, -0.25) is 4.98 Å². The monoisotopic (exact) mass is 727 g/mol. The van der Waals surface area contributed by atoms with Gasteiger partial charge in [0.25, 0.3) is 0 Å². The molecule has 12 aromatic rings. The van der Waals surface area contributed by atoms with E-state index in [1.807, 2.05) is 18.3 Å². The summed E-state index contributed by atoms with van der Waals surface area (Å²) < 4.78 is 8.78. The molecular formula is C53H33N3O. The smallest absolute Gasteiger partial charge is 0.153 e. The zero-order valence-electron chi connectivity index (χ0n) is 30.8. The molecule has 0 aliphatic carbocycles. The third-order valence-electron chi connectivity index (χ3n) is 11.6. The number of benzene rings is 9. The van der Waals surface area contributed by atoms with E-state index in [0.717, 1.165) is 44.7 Å². The Hall–Kier alpha value is -7.69. The van der Waals surface area contributed by atoms with E-state index in [1.54, 1.807) is 0 Å². The van der Waals surface area contributed by atoms with Gasteiger partial charge in [0.15, 0.2) is 5.58 Å². The van der Waals surface area contributed by atoms with Crippen molar-refractivity contribution in [1.29, 1.82) is 0 Å². The molecule has 0 N–H and O–H groups in total. The van der Waals surface area contributed by atoms with Crippen LogP contribution in [0.1, 0.15) is 0 Å². The molecule has 0 saturated heterocycles. The normalized spacial score (nSPS) is 11.9. The Bertz CT molecular complexity index is 3530.